The number of sulfonamides is 1. The maximum absolute atomic E-state index is 12.0. The molecule has 0 radical (unpaired) electrons. The Morgan fingerprint density at radius 3 is 2.89 bits per heavy atom. The number of amides is 1. The molecule has 2 rings (SSSR count). The number of nitrogens with zero attached hydrogens (tertiary/aromatic N) is 1. The first-order valence-electron chi connectivity index (χ1n) is 5.54. The van der Waals surface area contributed by atoms with Crippen LogP contribution < -0.4 is 4.72 Å². The van der Waals surface area contributed by atoms with Crippen LogP contribution in [0.3, 0.4) is 0 Å². The van der Waals surface area contributed by atoms with E-state index in [1.165, 1.54) is 0 Å². The Bertz CT molecular complexity index is 725. The maximum Gasteiger partial charge on any atom is 0.291 e. The molecule has 1 amide bonds. The van der Waals surface area contributed by atoms with Crippen LogP contribution in [0.15, 0.2) is 27.0 Å². The molecule has 2 aromatic rings. The van der Waals surface area contributed by atoms with Gasteiger partial charge in [0.05, 0.1) is 10.2 Å². The number of nitrogens with one attached hydrogen (secondary N) is 1. The number of benzene rings is 1. The zero-order valence-electron chi connectivity index (χ0n) is 10.0. The zero-order valence-corrected chi connectivity index (χ0v) is 13.2. The van der Waals surface area contributed by atoms with Crippen molar-refractivity contribution in [2.24, 2.45) is 0 Å². The Hall–Kier alpha value is -0.990. The monoisotopic (exact) mass is 362 g/mol. The van der Waals surface area contributed by atoms with E-state index in [0.717, 1.165) is 20.5 Å². The second kappa shape index (κ2) is 5.56. The average Bonchev–Trinajstić information content (AvgIpc) is 2.72. The molecule has 0 aliphatic rings. The highest BCUT2D eigenvalue weighted by atomic mass is 79.9. The fraction of sp³-hybridized carbons (Fsp3) is 0.273. The van der Waals surface area contributed by atoms with Gasteiger partial charge in [-0.15, -0.1) is 11.3 Å². The van der Waals surface area contributed by atoms with Gasteiger partial charge in [-0.2, -0.15) is 8.42 Å². The molecule has 1 aromatic heterocycles. The minimum absolute atomic E-state index is 0.0925. The molecule has 0 atom stereocenters. The van der Waals surface area contributed by atoms with Crippen molar-refractivity contribution in [1.82, 2.24) is 9.71 Å². The van der Waals surface area contributed by atoms with Crippen LogP contribution in [0, 0.1) is 0 Å². The molecule has 0 bridgehead atoms. The van der Waals surface area contributed by atoms with Gasteiger partial charge < -0.3 is 0 Å². The van der Waals surface area contributed by atoms with E-state index in [2.05, 4.69) is 20.9 Å². The number of aromatic nitrogens is 1. The number of fused-ring (bicyclic) bond motifs is 1. The van der Waals surface area contributed by atoms with Gasteiger partial charge in [-0.3, -0.25) is 4.79 Å². The van der Waals surface area contributed by atoms with Gasteiger partial charge in [0.1, 0.15) is 0 Å². The minimum atomic E-state index is -3.86. The summed E-state index contributed by atoms with van der Waals surface area (Å²) < 4.78 is 27.5. The normalized spacial score (nSPS) is 11.7. The van der Waals surface area contributed by atoms with Crippen molar-refractivity contribution in [2.75, 3.05) is 0 Å². The summed E-state index contributed by atoms with van der Waals surface area (Å²) in [4.78, 5) is 15.4. The summed E-state index contributed by atoms with van der Waals surface area (Å²) in [5.41, 5.74) is 0.586. The Kier molecular flexibility index (Phi) is 4.22. The molecule has 8 heteroatoms. The molecule has 0 saturated heterocycles. The number of halogens is 1. The summed E-state index contributed by atoms with van der Waals surface area (Å²) in [7, 11) is -3.86. The number of carbonyl (C=O) groups is 1. The molecule has 0 aliphatic heterocycles. The van der Waals surface area contributed by atoms with E-state index in [0.29, 0.717) is 11.9 Å². The van der Waals surface area contributed by atoms with Crippen LogP contribution in [0.4, 0.5) is 0 Å². The summed E-state index contributed by atoms with van der Waals surface area (Å²) in [6, 6.07) is 5.33. The van der Waals surface area contributed by atoms with E-state index in [9.17, 15) is 13.2 Å². The first-order chi connectivity index (χ1) is 8.92. The van der Waals surface area contributed by atoms with Gasteiger partial charge in [-0.25, -0.2) is 9.71 Å². The molecule has 0 fully saturated rings. The highest BCUT2D eigenvalue weighted by Crippen LogP contribution is 2.27. The molecule has 5 nitrogen and oxygen atoms in total. The van der Waals surface area contributed by atoms with Gasteiger partial charge >= 0.3 is 0 Å². The summed E-state index contributed by atoms with van der Waals surface area (Å²) in [6.45, 7) is 1.81. The van der Waals surface area contributed by atoms with Crippen LogP contribution in [0.2, 0.25) is 0 Å². The Morgan fingerprint density at radius 2 is 2.21 bits per heavy atom. The highest BCUT2D eigenvalue weighted by molar-refractivity contribution is 9.10. The highest BCUT2D eigenvalue weighted by Gasteiger charge is 2.21. The van der Waals surface area contributed by atoms with Crippen molar-refractivity contribution in [2.45, 2.75) is 24.1 Å². The fourth-order valence-electron chi connectivity index (χ4n) is 1.47. The molecule has 1 heterocycles. The lowest BCUT2D eigenvalue weighted by Gasteiger charge is -2.02. The molecule has 0 aliphatic carbocycles. The second-order valence-electron chi connectivity index (χ2n) is 3.87. The smallest absolute Gasteiger partial charge is 0.274 e. The summed E-state index contributed by atoms with van der Waals surface area (Å²) >= 11 is 4.34. The number of rotatable bonds is 4. The average molecular weight is 363 g/mol. The molecular formula is C11H11BrN2O3S2. The number of hydrogen-bond donors (Lipinski definition) is 1. The predicted octanol–water partition coefficient (Wildman–Crippen LogP) is 2.66. The standard InChI is InChI=1S/C11H11BrN2O3S2/c1-2-3-10(15)14-19(16,17)11-13-8-6-7(12)4-5-9(8)18-11/h4-6H,2-3H2,1H3,(H,14,15). The van der Waals surface area contributed by atoms with Gasteiger partial charge in [0, 0.05) is 10.9 Å². The molecule has 1 aromatic carbocycles. The molecule has 102 valence electrons. The quantitative estimate of drug-likeness (QED) is 0.906. The third-order valence-electron chi connectivity index (χ3n) is 2.29. The Morgan fingerprint density at radius 1 is 1.47 bits per heavy atom. The largest absolute Gasteiger partial charge is 0.291 e. The van der Waals surface area contributed by atoms with Crippen molar-refractivity contribution in [3.63, 3.8) is 0 Å². The fourth-order valence-corrected chi connectivity index (χ4v) is 4.03. The van der Waals surface area contributed by atoms with E-state index in [1.807, 2.05) is 10.8 Å². The van der Waals surface area contributed by atoms with Crippen LogP contribution in [0.25, 0.3) is 10.2 Å². The van der Waals surface area contributed by atoms with Crippen LogP contribution in [0.1, 0.15) is 19.8 Å². The molecule has 0 unspecified atom stereocenters. The Labute approximate surface area is 123 Å². The predicted molar refractivity (Wildman–Crippen MR) is 77.6 cm³/mol. The molecule has 0 saturated carbocycles. The van der Waals surface area contributed by atoms with E-state index in [1.54, 1.807) is 19.1 Å². The molecular weight excluding hydrogens is 352 g/mol. The first kappa shape index (κ1) is 14.4. The molecule has 0 spiro atoms. The van der Waals surface area contributed by atoms with Gasteiger partial charge in [-0.05, 0) is 24.6 Å². The van der Waals surface area contributed by atoms with Crippen molar-refractivity contribution in [3.05, 3.63) is 22.7 Å². The second-order valence-corrected chi connectivity index (χ2v) is 7.67. The Balaban J connectivity index is 2.35. The van der Waals surface area contributed by atoms with Gasteiger partial charge in [0.25, 0.3) is 10.0 Å². The third-order valence-corrected chi connectivity index (χ3v) is 5.57. The van der Waals surface area contributed by atoms with Gasteiger partial charge in [0.2, 0.25) is 10.2 Å². The number of thiazole rings is 1. The summed E-state index contributed by atoms with van der Waals surface area (Å²) in [5.74, 6) is -0.511. The van der Waals surface area contributed by atoms with Crippen molar-refractivity contribution < 1.29 is 13.2 Å². The van der Waals surface area contributed by atoms with Gasteiger partial charge in [-0.1, -0.05) is 22.9 Å². The topological polar surface area (TPSA) is 76.1 Å². The lowest BCUT2D eigenvalue weighted by Crippen LogP contribution is -2.30. The van der Waals surface area contributed by atoms with E-state index >= 15 is 0 Å². The van der Waals surface area contributed by atoms with Crippen LogP contribution >= 0.6 is 27.3 Å². The van der Waals surface area contributed by atoms with Crippen LogP contribution in [-0.4, -0.2) is 19.3 Å². The van der Waals surface area contributed by atoms with Gasteiger partial charge in [0.15, 0.2) is 0 Å². The third kappa shape index (κ3) is 3.31. The summed E-state index contributed by atoms with van der Waals surface area (Å²) in [5, 5.41) is 0. The van der Waals surface area contributed by atoms with E-state index in [-0.39, 0.29) is 10.8 Å². The summed E-state index contributed by atoms with van der Waals surface area (Å²) in [6.07, 6.45) is 0.768. The van der Waals surface area contributed by atoms with Crippen molar-refractivity contribution in [1.29, 1.82) is 0 Å². The van der Waals surface area contributed by atoms with Crippen LogP contribution in [0.5, 0.6) is 0 Å². The SMILES string of the molecule is CCCC(=O)NS(=O)(=O)c1nc2cc(Br)ccc2s1. The van der Waals surface area contributed by atoms with Crippen molar-refractivity contribution in [3.8, 4) is 0 Å². The molecule has 1 N–H and O–H groups in total. The van der Waals surface area contributed by atoms with Crippen molar-refractivity contribution >= 4 is 53.4 Å². The lowest BCUT2D eigenvalue weighted by atomic mass is 10.3. The van der Waals surface area contributed by atoms with E-state index in [4.69, 9.17) is 0 Å². The van der Waals surface area contributed by atoms with Crippen LogP contribution in [-0.2, 0) is 14.8 Å². The lowest BCUT2D eigenvalue weighted by molar-refractivity contribution is -0.119. The number of hydrogen-bond acceptors (Lipinski definition) is 5. The maximum atomic E-state index is 12.0. The molecule has 19 heavy (non-hydrogen) atoms. The minimum Gasteiger partial charge on any atom is -0.274 e. The first-order valence-corrected chi connectivity index (χ1v) is 8.63. The van der Waals surface area contributed by atoms with E-state index < -0.39 is 15.9 Å². The zero-order chi connectivity index (χ0) is 14.0. The number of carbonyl (C=O) groups excluding carboxylic acids is 1.